The molecule has 1 heterocycles. The van der Waals surface area contributed by atoms with E-state index in [4.69, 9.17) is 0 Å². The Kier molecular flexibility index (Phi) is 6.66. The highest BCUT2D eigenvalue weighted by atomic mass is 32.2. The summed E-state index contributed by atoms with van der Waals surface area (Å²) >= 11 is 0. The Labute approximate surface area is 201 Å². The molecule has 6 nitrogen and oxygen atoms in total. The molecule has 1 N–H and O–H groups in total. The van der Waals surface area contributed by atoms with Crippen molar-refractivity contribution in [3.63, 3.8) is 0 Å². The van der Waals surface area contributed by atoms with Crippen LogP contribution in [0.25, 0.3) is 21.8 Å². The molecule has 0 fully saturated rings. The van der Waals surface area contributed by atoms with Crippen LogP contribution in [0, 0.1) is 13.8 Å². The number of anilines is 2. The highest BCUT2D eigenvalue weighted by Gasteiger charge is 2.18. The van der Waals surface area contributed by atoms with Gasteiger partial charge in [0.05, 0.1) is 11.9 Å². The van der Waals surface area contributed by atoms with Gasteiger partial charge in [-0.15, -0.1) is 0 Å². The van der Waals surface area contributed by atoms with Crippen LogP contribution in [0.4, 0.5) is 11.4 Å². The van der Waals surface area contributed by atoms with E-state index in [2.05, 4.69) is 28.9 Å². The molecule has 34 heavy (non-hydrogen) atoms. The van der Waals surface area contributed by atoms with Crippen LogP contribution in [-0.2, 0) is 21.4 Å². The Bertz CT molecular complexity index is 1470. The van der Waals surface area contributed by atoms with Crippen LogP contribution in [0.15, 0.2) is 60.7 Å². The second-order valence-corrected chi connectivity index (χ2v) is 10.7. The molecule has 0 aliphatic carbocycles. The number of nitrogens with zero attached hydrogens (tertiary/aromatic N) is 2. The number of hydrogen-bond donors (Lipinski definition) is 1. The monoisotopic (exact) mass is 477 g/mol. The summed E-state index contributed by atoms with van der Waals surface area (Å²) in [7, 11) is -3.45. The van der Waals surface area contributed by atoms with Crippen LogP contribution < -0.4 is 9.62 Å². The summed E-state index contributed by atoms with van der Waals surface area (Å²) in [5.41, 5.74) is 5.82. The van der Waals surface area contributed by atoms with E-state index in [1.54, 1.807) is 0 Å². The molecular formula is C27H31N3O3S. The summed E-state index contributed by atoms with van der Waals surface area (Å²) in [5.74, 6) is -0.132. The van der Waals surface area contributed by atoms with Gasteiger partial charge in [0.2, 0.25) is 15.9 Å². The highest BCUT2D eigenvalue weighted by Crippen LogP contribution is 2.31. The summed E-state index contributed by atoms with van der Waals surface area (Å²) in [6.45, 7) is 7.19. The van der Waals surface area contributed by atoms with Crippen molar-refractivity contribution in [1.82, 2.24) is 4.57 Å². The van der Waals surface area contributed by atoms with Crippen molar-refractivity contribution >= 4 is 49.1 Å². The topological polar surface area (TPSA) is 71.4 Å². The van der Waals surface area contributed by atoms with E-state index < -0.39 is 10.0 Å². The molecule has 1 aromatic heterocycles. The maximum absolute atomic E-state index is 12.7. The molecule has 0 unspecified atom stereocenters. The molecule has 0 saturated carbocycles. The van der Waals surface area contributed by atoms with Crippen molar-refractivity contribution in [1.29, 1.82) is 0 Å². The maximum atomic E-state index is 12.7. The first-order valence-electron chi connectivity index (χ1n) is 11.5. The van der Waals surface area contributed by atoms with Crippen LogP contribution >= 0.6 is 0 Å². The van der Waals surface area contributed by atoms with Crippen molar-refractivity contribution in [2.75, 3.05) is 22.4 Å². The average Bonchev–Trinajstić information content (AvgIpc) is 3.11. The molecule has 4 rings (SSSR count). The number of aromatic nitrogens is 1. The lowest BCUT2D eigenvalue weighted by Crippen LogP contribution is -2.31. The van der Waals surface area contributed by atoms with Gasteiger partial charge < -0.3 is 9.88 Å². The fraction of sp³-hybridized carbons (Fsp3) is 0.296. The predicted octanol–water partition coefficient (Wildman–Crippen LogP) is 5.62. The van der Waals surface area contributed by atoms with Crippen LogP contribution in [0.1, 0.15) is 30.9 Å². The Hall–Kier alpha value is -3.32. The van der Waals surface area contributed by atoms with Gasteiger partial charge in [-0.05, 0) is 74.7 Å². The largest absolute Gasteiger partial charge is 0.341 e. The minimum Gasteiger partial charge on any atom is -0.341 e. The van der Waals surface area contributed by atoms with E-state index in [1.165, 1.54) is 16.1 Å². The zero-order valence-electron chi connectivity index (χ0n) is 20.1. The molecule has 0 aliphatic rings. The van der Waals surface area contributed by atoms with E-state index in [1.807, 2.05) is 62.4 Å². The number of amides is 1. The first kappa shape index (κ1) is 23.8. The summed E-state index contributed by atoms with van der Waals surface area (Å²) in [5, 5.41) is 5.24. The van der Waals surface area contributed by atoms with Crippen molar-refractivity contribution in [2.45, 2.75) is 40.2 Å². The van der Waals surface area contributed by atoms with Gasteiger partial charge >= 0.3 is 0 Å². The van der Waals surface area contributed by atoms with E-state index in [0.29, 0.717) is 12.1 Å². The van der Waals surface area contributed by atoms with Gasteiger partial charge in [-0.25, -0.2) is 8.42 Å². The molecule has 7 heteroatoms. The highest BCUT2D eigenvalue weighted by molar-refractivity contribution is 7.92. The van der Waals surface area contributed by atoms with Crippen molar-refractivity contribution in [3.05, 3.63) is 71.8 Å². The number of carbonyl (C=O) groups excluding carboxylic acids is 1. The molecule has 0 radical (unpaired) electrons. The Morgan fingerprint density at radius 3 is 2.38 bits per heavy atom. The molecule has 0 aliphatic heterocycles. The SMILES string of the molecule is CCn1c2ccccc2c2cc(NC(=O)CCCN(c3ccc(C)c(C)c3)S(C)(=O)=O)ccc21. The molecular weight excluding hydrogens is 446 g/mol. The number of nitrogens with one attached hydrogen (secondary N) is 1. The van der Waals surface area contributed by atoms with Crippen LogP contribution in [0.2, 0.25) is 0 Å². The summed E-state index contributed by atoms with van der Waals surface area (Å²) in [6, 6.07) is 19.8. The molecule has 178 valence electrons. The number of hydrogen-bond acceptors (Lipinski definition) is 3. The maximum Gasteiger partial charge on any atom is 0.232 e. The van der Waals surface area contributed by atoms with Crippen molar-refractivity contribution in [2.24, 2.45) is 0 Å². The fourth-order valence-electron chi connectivity index (χ4n) is 4.45. The number of fused-ring (bicyclic) bond motifs is 3. The molecule has 0 spiro atoms. The molecule has 3 aromatic carbocycles. The number of para-hydroxylation sites is 1. The molecule has 0 saturated heterocycles. The van der Waals surface area contributed by atoms with E-state index in [0.717, 1.165) is 39.6 Å². The fourth-order valence-corrected chi connectivity index (χ4v) is 5.40. The lowest BCUT2D eigenvalue weighted by Gasteiger charge is -2.23. The number of aryl methyl sites for hydroxylation is 3. The first-order chi connectivity index (χ1) is 16.2. The van der Waals surface area contributed by atoms with Gasteiger partial charge in [0.15, 0.2) is 0 Å². The first-order valence-corrected chi connectivity index (χ1v) is 13.4. The standard InChI is InChI=1S/C27H31N3O3S/c1-5-29-25-10-7-6-9-23(25)24-18-21(13-15-26(24)29)28-27(31)11-8-16-30(34(4,32)33)22-14-12-19(2)20(3)17-22/h6-7,9-10,12-15,17-18H,5,8,11,16H2,1-4H3,(H,28,31). The Balaban J connectivity index is 1.46. The lowest BCUT2D eigenvalue weighted by molar-refractivity contribution is -0.116. The summed E-state index contributed by atoms with van der Waals surface area (Å²) < 4.78 is 28.4. The predicted molar refractivity (Wildman–Crippen MR) is 141 cm³/mol. The van der Waals surface area contributed by atoms with Gasteiger partial charge in [0.1, 0.15) is 0 Å². The Morgan fingerprint density at radius 2 is 1.68 bits per heavy atom. The minimum absolute atomic E-state index is 0.132. The molecule has 0 atom stereocenters. The van der Waals surface area contributed by atoms with Gasteiger partial charge in [0, 0.05) is 47.0 Å². The molecule has 4 aromatic rings. The summed E-state index contributed by atoms with van der Waals surface area (Å²) in [4.78, 5) is 12.7. The second-order valence-electron chi connectivity index (χ2n) is 8.75. The molecule has 1 amide bonds. The number of sulfonamides is 1. The normalized spacial score (nSPS) is 11.8. The third-order valence-corrected chi connectivity index (χ3v) is 7.51. The molecule has 0 bridgehead atoms. The third-order valence-electron chi connectivity index (χ3n) is 6.32. The number of benzene rings is 3. The Morgan fingerprint density at radius 1 is 0.941 bits per heavy atom. The van der Waals surface area contributed by atoms with E-state index in [9.17, 15) is 13.2 Å². The van der Waals surface area contributed by atoms with Gasteiger partial charge in [-0.3, -0.25) is 9.10 Å². The quantitative estimate of drug-likeness (QED) is 0.358. The van der Waals surface area contributed by atoms with Gasteiger partial charge in [-0.1, -0.05) is 24.3 Å². The van der Waals surface area contributed by atoms with Crippen molar-refractivity contribution < 1.29 is 13.2 Å². The van der Waals surface area contributed by atoms with Crippen molar-refractivity contribution in [3.8, 4) is 0 Å². The average molecular weight is 478 g/mol. The lowest BCUT2D eigenvalue weighted by atomic mass is 10.1. The smallest absolute Gasteiger partial charge is 0.232 e. The number of rotatable bonds is 8. The van der Waals surface area contributed by atoms with Gasteiger partial charge in [-0.2, -0.15) is 0 Å². The summed E-state index contributed by atoms with van der Waals surface area (Å²) in [6.07, 6.45) is 1.85. The zero-order valence-corrected chi connectivity index (χ0v) is 20.9. The van der Waals surface area contributed by atoms with Crippen LogP contribution in [0.3, 0.4) is 0 Å². The van der Waals surface area contributed by atoms with Gasteiger partial charge in [0.25, 0.3) is 0 Å². The van der Waals surface area contributed by atoms with E-state index in [-0.39, 0.29) is 18.9 Å². The third kappa shape index (κ3) is 4.80. The van der Waals surface area contributed by atoms with Crippen LogP contribution in [0.5, 0.6) is 0 Å². The van der Waals surface area contributed by atoms with Crippen LogP contribution in [-0.4, -0.2) is 31.7 Å². The zero-order chi connectivity index (χ0) is 24.5. The number of carbonyl (C=O) groups is 1. The van der Waals surface area contributed by atoms with E-state index >= 15 is 0 Å². The second kappa shape index (κ2) is 9.50. The minimum atomic E-state index is -3.45.